The summed E-state index contributed by atoms with van der Waals surface area (Å²) < 4.78 is 316. The van der Waals surface area contributed by atoms with Crippen LogP contribution in [0.4, 0.5) is 101 Å². The largest absolute Gasteiger partial charge is 0.460 e. The van der Waals surface area contributed by atoms with Gasteiger partial charge in [0.2, 0.25) is 0 Å². The van der Waals surface area contributed by atoms with Crippen molar-refractivity contribution >= 4 is 23.4 Å². The van der Waals surface area contributed by atoms with Crippen molar-refractivity contribution in [3.8, 4) is 0 Å². The lowest BCUT2D eigenvalue weighted by atomic mass is 9.74. The van der Waals surface area contributed by atoms with Gasteiger partial charge in [0.25, 0.3) is 0 Å². The lowest BCUT2D eigenvalue weighted by Crippen LogP contribution is -2.75. The Hall–Kier alpha value is -5.99. The van der Waals surface area contributed by atoms with Crippen molar-refractivity contribution in [2.45, 2.75) is 131 Å². The topological polar surface area (TPSA) is 72.9 Å². The minimum absolute atomic E-state index is 0.0188. The number of hydrogen-bond donors (Lipinski definition) is 0. The van der Waals surface area contributed by atoms with Crippen LogP contribution in [-0.2, 0) is 44.7 Å². The van der Waals surface area contributed by atoms with Gasteiger partial charge in [-0.15, -0.1) is 0 Å². The number of halogens is 22. The van der Waals surface area contributed by atoms with E-state index >= 15 is 0 Å². The van der Waals surface area contributed by atoms with Crippen molar-refractivity contribution in [1.29, 1.82) is 0 Å². The van der Waals surface area contributed by atoms with Crippen LogP contribution >= 0.6 is 0 Å². The number of benzene rings is 3. The Morgan fingerprint density at radius 1 is 0.605 bits per heavy atom. The predicted octanol–water partition coefficient (Wildman–Crippen LogP) is 14.5. The highest BCUT2D eigenvalue weighted by atomic mass is 19.4. The summed E-state index contributed by atoms with van der Waals surface area (Å²) in [5.41, 5.74) is -5.13. The Bertz CT molecular complexity index is 2750. The average molecular weight is 1130 g/mol. The average Bonchev–Trinajstić information content (AvgIpc) is 3.77. The number of carbonyl (C=O) groups is 3. The number of aryl methyl sites for hydroxylation is 1. The molecule has 5 rings (SSSR count). The Balaban J connectivity index is 1.46. The number of carbonyl (C=O) groups excluding carboxylic acids is 3. The van der Waals surface area contributed by atoms with Crippen molar-refractivity contribution in [3.63, 3.8) is 0 Å². The Labute approximate surface area is 415 Å². The molecule has 420 valence electrons. The van der Waals surface area contributed by atoms with Crippen molar-refractivity contribution in [1.82, 2.24) is 4.90 Å². The fraction of sp³-hybridized carbons (Fsp3) is 0.479. The number of nitrogens with zero attached hydrogens (tertiary/aromatic N) is 1. The summed E-state index contributed by atoms with van der Waals surface area (Å²) in [5, 5.41) is 0. The van der Waals surface area contributed by atoms with Gasteiger partial charge in [-0.05, 0) is 74.9 Å². The molecular formula is C48H39F22NO5. The van der Waals surface area contributed by atoms with Crippen LogP contribution in [0, 0.1) is 5.92 Å². The zero-order valence-electron chi connectivity index (χ0n) is 39.4. The smallest absolute Gasteiger partial charge is 0.458 e. The van der Waals surface area contributed by atoms with E-state index in [2.05, 4.69) is 0 Å². The summed E-state index contributed by atoms with van der Waals surface area (Å²) in [7, 11) is 0. The van der Waals surface area contributed by atoms with Crippen LogP contribution in [0.3, 0.4) is 0 Å². The van der Waals surface area contributed by atoms with E-state index in [0.29, 0.717) is 29.3 Å². The molecule has 3 aromatic carbocycles. The van der Waals surface area contributed by atoms with Gasteiger partial charge in [0.15, 0.2) is 11.3 Å². The number of Topliss-reactive ketones (excluding diaryl/α,β-unsaturated/α-hetero) is 1. The third-order valence-corrected chi connectivity index (χ3v) is 12.3. The minimum atomic E-state index is -9.05. The summed E-state index contributed by atoms with van der Waals surface area (Å²) in [6.07, 6.45) is -19.5. The quantitative estimate of drug-likeness (QED) is 0.0812. The van der Waals surface area contributed by atoms with Crippen LogP contribution in [0.15, 0.2) is 95.6 Å². The first-order valence-corrected chi connectivity index (χ1v) is 21.7. The molecule has 1 heterocycles. The fourth-order valence-electron chi connectivity index (χ4n) is 8.47. The third-order valence-electron chi connectivity index (χ3n) is 12.3. The lowest BCUT2D eigenvalue weighted by Gasteiger charge is -2.43. The van der Waals surface area contributed by atoms with E-state index in [1.165, 1.54) is 52.8 Å². The standard InChI is InChI=1S/C48H39F22NO5/c1-24(2)31-33-30(32(34(31)72)28-11-7-6-8-12-28)22-71(38(33,35(73)76-37(3,4)5)21-27-10-9-13-29(20-27)40(51,52)53)36(74)75-23-26-16-14-25(15-17-26)18-19-39(49,50)41(54,55)42(56,57)43(58,59)44(60,61)45(62,63)46(64,65)47(66,67)48(68,69)70/h6-17,20,33H,18-19,21-23H2,1-5H3. The number of hydrogen-bond acceptors (Lipinski definition) is 5. The van der Waals surface area contributed by atoms with E-state index in [4.69, 9.17) is 9.47 Å². The Morgan fingerprint density at radius 2 is 1.09 bits per heavy atom. The van der Waals surface area contributed by atoms with E-state index in [1.54, 1.807) is 18.2 Å². The maximum atomic E-state index is 14.9. The van der Waals surface area contributed by atoms with E-state index in [9.17, 15) is 111 Å². The number of ether oxygens (including phenoxy) is 2. The van der Waals surface area contributed by atoms with Gasteiger partial charge in [0, 0.05) is 36.5 Å². The van der Waals surface area contributed by atoms with Crippen LogP contribution in [0.2, 0.25) is 0 Å². The van der Waals surface area contributed by atoms with Crippen LogP contribution in [0.25, 0.3) is 5.57 Å². The molecule has 0 saturated carbocycles. The molecular weight excluding hydrogens is 1090 g/mol. The molecule has 28 heteroatoms. The molecule has 1 saturated heterocycles. The molecule has 1 aliphatic carbocycles. The first-order chi connectivity index (χ1) is 34.2. The fourth-order valence-corrected chi connectivity index (χ4v) is 8.47. The molecule has 0 radical (unpaired) electrons. The van der Waals surface area contributed by atoms with E-state index in [1.807, 2.05) is 0 Å². The molecule has 0 aromatic heterocycles. The van der Waals surface area contributed by atoms with E-state index in [-0.39, 0.29) is 27.8 Å². The number of amides is 1. The SMILES string of the molecule is CC(C)=C1C(=O)C(c2ccccc2)=C2CN(C(=O)OCc3ccc(CCC(F)(F)C(F)(F)C(F)(F)C(F)(F)C(F)(F)C(F)(F)C(F)(F)C(F)(F)C(F)(F)F)cc3)C(Cc3cccc(C(F)(F)F)c3)(C(=O)OC(C)(C)C)C21. The Morgan fingerprint density at radius 3 is 1.57 bits per heavy atom. The summed E-state index contributed by atoms with van der Waals surface area (Å²) >= 11 is 0. The molecule has 2 aliphatic rings. The second kappa shape index (κ2) is 19.5. The second-order valence-electron chi connectivity index (χ2n) is 18.9. The Kier molecular flexibility index (Phi) is 15.6. The monoisotopic (exact) mass is 1130 g/mol. The van der Waals surface area contributed by atoms with E-state index < -0.39 is 138 Å². The number of ketones is 1. The summed E-state index contributed by atoms with van der Waals surface area (Å²) in [6, 6.07) is 14.6. The normalized spacial score (nSPS) is 18.8. The molecule has 76 heavy (non-hydrogen) atoms. The van der Waals surface area contributed by atoms with Gasteiger partial charge in [-0.1, -0.05) is 78.4 Å². The molecule has 1 amide bonds. The zero-order valence-corrected chi connectivity index (χ0v) is 39.4. The third kappa shape index (κ3) is 9.97. The van der Waals surface area contributed by atoms with Gasteiger partial charge in [0.05, 0.1) is 5.56 Å². The van der Waals surface area contributed by atoms with Gasteiger partial charge in [0.1, 0.15) is 12.2 Å². The van der Waals surface area contributed by atoms with Crippen molar-refractivity contribution in [2.75, 3.05) is 6.54 Å². The van der Waals surface area contributed by atoms with Crippen LogP contribution in [0.5, 0.6) is 0 Å². The molecule has 2 atom stereocenters. The number of likely N-dealkylation sites (tertiary alicyclic amines) is 1. The lowest BCUT2D eigenvalue weighted by molar-refractivity contribution is -0.468. The number of alkyl halides is 22. The molecule has 1 fully saturated rings. The molecule has 0 N–H and O–H groups in total. The van der Waals surface area contributed by atoms with Gasteiger partial charge >= 0.3 is 71.8 Å². The number of esters is 1. The number of rotatable bonds is 16. The summed E-state index contributed by atoms with van der Waals surface area (Å²) in [6.45, 7) is 5.82. The molecule has 1 aliphatic heterocycles. The van der Waals surface area contributed by atoms with E-state index in [0.717, 1.165) is 29.2 Å². The van der Waals surface area contributed by atoms with Gasteiger partial charge in [-0.2, -0.15) is 96.6 Å². The predicted molar refractivity (Wildman–Crippen MR) is 221 cm³/mol. The molecule has 3 aromatic rings. The van der Waals surface area contributed by atoms with Crippen molar-refractivity contribution < 1.29 is 120 Å². The minimum Gasteiger partial charge on any atom is -0.458 e. The first-order valence-electron chi connectivity index (χ1n) is 21.7. The van der Waals surface area contributed by atoms with Crippen molar-refractivity contribution in [3.05, 3.63) is 123 Å². The maximum Gasteiger partial charge on any atom is 0.460 e. The molecule has 0 bridgehead atoms. The molecule has 6 nitrogen and oxygen atoms in total. The van der Waals surface area contributed by atoms with Crippen LogP contribution < -0.4 is 0 Å². The summed E-state index contributed by atoms with van der Waals surface area (Å²) in [4.78, 5) is 44.5. The summed E-state index contributed by atoms with van der Waals surface area (Å²) in [5.74, 6) is -70.8. The van der Waals surface area contributed by atoms with Crippen LogP contribution in [-0.4, -0.2) is 94.0 Å². The van der Waals surface area contributed by atoms with Gasteiger partial charge < -0.3 is 9.47 Å². The molecule has 2 unspecified atom stereocenters. The highest BCUT2D eigenvalue weighted by Gasteiger charge is 2.96. The highest BCUT2D eigenvalue weighted by molar-refractivity contribution is 6.33. The highest BCUT2D eigenvalue weighted by Crippen LogP contribution is 2.66. The second-order valence-corrected chi connectivity index (χ2v) is 18.9. The number of fused-ring (bicyclic) bond motifs is 1. The maximum absolute atomic E-state index is 14.9. The first kappa shape index (κ1) is 60.9. The number of allylic oxidation sites excluding steroid dienone is 2. The van der Waals surface area contributed by atoms with Gasteiger partial charge in [-0.3, -0.25) is 9.69 Å². The zero-order chi connectivity index (χ0) is 58.2. The van der Waals surface area contributed by atoms with Crippen LogP contribution in [0.1, 0.15) is 68.9 Å². The van der Waals surface area contributed by atoms with Crippen molar-refractivity contribution in [2.24, 2.45) is 5.92 Å². The van der Waals surface area contributed by atoms with Gasteiger partial charge in [-0.25, -0.2) is 9.59 Å². The molecule has 0 spiro atoms.